The van der Waals surface area contributed by atoms with E-state index < -0.39 is 4.92 Å². The molecule has 0 heterocycles. The summed E-state index contributed by atoms with van der Waals surface area (Å²) in [5.74, 6) is 0.471. The zero-order valence-electron chi connectivity index (χ0n) is 12.2. The molecular weight excluding hydrogens is 348 g/mol. The van der Waals surface area contributed by atoms with Crippen molar-refractivity contribution < 1.29 is 9.66 Å². The Hall–Kier alpha value is -1.92. The number of nitrogens with one attached hydrogen (secondary N) is 1. The largest absolute Gasteiger partial charge is 0.484 e. The van der Waals surface area contributed by atoms with E-state index in [2.05, 4.69) is 21.2 Å². The number of benzene rings is 2. The average Bonchev–Trinajstić information content (AvgIpc) is 2.53. The van der Waals surface area contributed by atoms with Gasteiger partial charge in [-0.05, 0) is 41.2 Å². The molecule has 0 fully saturated rings. The molecule has 2 aromatic carbocycles. The Balaban J connectivity index is 2.27. The highest BCUT2D eigenvalue weighted by atomic mass is 79.9. The maximum absolute atomic E-state index is 10.9. The maximum Gasteiger partial charge on any atom is 0.273 e. The SMILES string of the molecule is CNCCC(Oc1cc([N+](=O)[O-])ccc1Br)c1ccccc1. The van der Waals surface area contributed by atoms with Crippen LogP contribution in [-0.2, 0) is 0 Å². The van der Waals surface area contributed by atoms with Crippen molar-refractivity contribution in [1.82, 2.24) is 5.32 Å². The van der Waals surface area contributed by atoms with Gasteiger partial charge >= 0.3 is 0 Å². The molecule has 0 aliphatic heterocycles. The molecular formula is C16H17BrN2O3. The summed E-state index contributed by atoms with van der Waals surface area (Å²) in [6.45, 7) is 0.784. The van der Waals surface area contributed by atoms with Gasteiger partial charge in [0.05, 0.1) is 15.5 Å². The van der Waals surface area contributed by atoms with E-state index in [1.54, 1.807) is 6.07 Å². The number of hydrogen-bond donors (Lipinski definition) is 1. The van der Waals surface area contributed by atoms with Gasteiger partial charge in [-0.2, -0.15) is 0 Å². The fraction of sp³-hybridized carbons (Fsp3) is 0.250. The topological polar surface area (TPSA) is 64.4 Å². The van der Waals surface area contributed by atoms with E-state index in [1.165, 1.54) is 12.1 Å². The molecule has 0 radical (unpaired) electrons. The van der Waals surface area contributed by atoms with Crippen LogP contribution in [0.3, 0.4) is 0 Å². The van der Waals surface area contributed by atoms with Gasteiger partial charge in [-0.25, -0.2) is 0 Å². The first kappa shape index (κ1) is 16.5. The van der Waals surface area contributed by atoms with Crippen molar-refractivity contribution in [1.29, 1.82) is 0 Å². The molecule has 0 aliphatic carbocycles. The van der Waals surface area contributed by atoms with Crippen LogP contribution < -0.4 is 10.1 Å². The molecule has 0 aliphatic rings. The highest BCUT2D eigenvalue weighted by Gasteiger charge is 2.17. The van der Waals surface area contributed by atoms with E-state index in [1.807, 2.05) is 37.4 Å². The summed E-state index contributed by atoms with van der Waals surface area (Å²) in [6, 6.07) is 14.4. The lowest BCUT2D eigenvalue weighted by Crippen LogP contribution is -2.16. The third kappa shape index (κ3) is 4.29. The van der Waals surface area contributed by atoms with Crippen molar-refractivity contribution in [2.24, 2.45) is 0 Å². The minimum Gasteiger partial charge on any atom is -0.484 e. The third-order valence-electron chi connectivity index (χ3n) is 3.22. The number of ether oxygens (including phenoxy) is 1. The molecule has 2 aromatic rings. The molecule has 0 saturated carbocycles. The Morgan fingerprint density at radius 3 is 2.64 bits per heavy atom. The van der Waals surface area contributed by atoms with Crippen molar-refractivity contribution in [2.75, 3.05) is 13.6 Å². The van der Waals surface area contributed by atoms with E-state index in [0.717, 1.165) is 18.5 Å². The van der Waals surface area contributed by atoms with Crippen LogP contribution in [0.25, 0.3) is 0 Å². The van der Waals surface area contributed by atoms with Gasteiger partial charge in [-0.3, -0.25) is 10.1 Å². The maximum atomic E-state index is 10.9. The van der Waals surface area contributed by atoms with Crippen LogP contribution in [0.4, 0.5) is 5.69 Å². The lowest BCUT2D eigenvalue weighted by molar-refractivity contribution is -0.385. The number of halogens is 1. The molecule has 1 N–H and O–H groups in total. The monoisotopic (exact) mass is 364 g/mol. The quantitative estimate of drug-likeness (QED) is 0.593. The predicted molar refractivity (Wildman–Crippen MR) is 89.2 cm³/mol. The number of hydrogen-bond acceptors (Lipinski definition) is 4. The van der Waals surface area contributed by atoms with Crippen LogP contribution in [0.5, 0.6) is 5.75 Å². The molecule has 0 spiro atoms. The zero-order valence-corrected chi connectivity index (χ0v) is 13.7. The van der Waals surface area contributed by atoms with Crippen molar-refractivity contribution >= 4 is 21.6 Å². The number of nitro groups is 1. The molecule has 22 heavy (non-hydrogen) atoms. The van der Waals surface area contributed by atoms with Gasteiger partial charge in [0.2, 0.25) is 0 Å². The van der Waals surface area contributed by atoms with Crippen LogP contribution in [0.2, 0.25) is 0 Å². The molecule has 5 nitrogen and oxygen atoms in total. The Kier molecular flexibility index (Phi) is 5.91. The van der Waals surface area contributed by atoms with Crippen molar-refractivity contribution in [2.45, 2.75) is 12.5 Å². The normalized spacial score (nSPS) is 11.9. The summed E-state index contributed by atoms with van der Waals surface area (Å²) in [6.07, 6.45) is 0.585. The van der Waals surface area contributed by atoms with E-state index in [9.17, 15) is 10.1 Å². The smallest absolute Gasteiger partial charge is 0.273 e. The highest BCUT2D eigenvalue weighted by molar-refractivity contribution is 9.10. The minimum atomic E-state index is -0.426. The predicted octanol–water partition coefficient (Wildman–Crippen LogP) is 4.09. The van der Waals surface area contributed by atoms with Crippen LogP contribution >= 0.6 is 15.9 Å². The number of non-ortho nitro benzene ring substituents is 1. The van der Waals surface area contributed by atoms with Gasteiger partial charge < -0.3 is 10.1 Å². The Labute approximate surface area is 137 Å². The van der Waals surface area contributed by atoms with Crippen LogP contribution in [0.1, 0.15) is 18.1 Å². The summed E-state index contributed by atoms with van der Waals surface area (Å²) in [4.78, 5) is 10.5. The van der Waals surface area contributed by atoms with E-state index in [0.29, 0.717) is 10.2 Å². The molecule has 0 amide bonds. The lowest BCUT2D eigenvalue weighted by atomic mass is 10.1. The summed E-state index contributed by atoms with van der Waals surface area (Å²) < 4.78 is 6.73. The summed E-state index contributed by atoms with van der Waals surface area (Å²) in [5.41, 5.74) is 1.05. The molecule has 116 valence electrons. The molecule has 2 rings (SSSR count). The van der Waals surface area contributed by atoms with E-state index in [4.69, 9.17) is 4.74 Å². The van der Waals surface area contributed by atoms with E-state index in [-0.39, 0.29) is 11.8 Å². The molecule has 6 heteroatoms. The zero-order chi connectivity index (χ0) is 15.9. The summed E-state index contributed by atoms with van der Waals surface area (Å²) >= 11 is 3.39. The van der Waals surface area contributed by atoms with Crippen LogP contribution in [-0.4, -0.2) is 18.5 Å². The van der Waals surface area contributed by atoms with E-state index >= 15 is 0 Å². The van der Waals surface area contributed by atoms with Crippen LogP contribution in [0, 0.1) is 10.1 Å². The van der Waals surface area contributed by atoms with Gasteiger partial charge in [0, 0.05) is 12.5 Å². The number of nitro benzene ring substituents is 1. The van der Waals surface area contributed by atoms with Gasteiger partial charge in [-0.1, -0.05) is 30.3 Å². The number of rotatable bonds is 7. The first-order valence-corrected chi connectivity index (χ1v) is 7.71. The average molecular weight is 365 g/mol. The van der Waals surface area contributed by atoms with Crippen molar-refractivity contribution in [3.63, 3.8) is 0 Å². The Bertz CT molecular complexity index is 635. The van der Waals surface area contributed by atoms with Gasteiger partial charge in [0.15, 0.2) is 0 Å². The molecule has 1 unspecified atom stereocenters. The van der Waals surface area contributed by atoms with Crippen LogP contribution in [0.15, 0.2) is 53.0 Å². The Morgan fingerprint density at radius 2 is 2.00 bits per heavy atom. The summed E-state index contributed by atoms with van der Waals surface area (Å²) in [7, 11) is 1.88. The first-order chi connectivity index (χ1) is 10.6. The molecule has 0 saturated heterocycles. The van der Waals surface area contributed by atoms with Crippen molar-refractivity contribution in [3.05, 3.63) is 68.7 Å². The number of nitrogens with zero attached hydrogens (tertiary/aromatic N) is 1. The second-order valence-corrected chi connectivity index (χ2v) is 5.64. The fourth-order valence-electron chi connectivity index (χ4n) is 2.09. The fourth-order valence-corrected chi connectivity index (χ4v) is 2.43. The van der Waals surface area contributed by atoms with Gasteiger partial charge in [0.1, 0.15) is 11.9 Å². The lowest BCUT2D eigenvalue weighted by Gasteiger charge is -2.20. The van der Waals surface area contributed by atoms with Crippen molar-refractivity contribution in [3.8, 4) is 5.75 Å². The summed E-state index contributed by atoms with van der Waals surface area (Å²) in [5, 5.41) is 14.0. The molecule has 0 bridgehead atoms. The van der Waals surface area contributed by atoms with Gasteiger partial charge in [0.25, 0.3) is 5.69 Å². The van der Waals surface area contributed by atoms with Gasteiger partial charge in [-0.15, -0.1) is 0 Å². The molecule has 1 atom stereocenters. The third-order valence-corrected chi connectivity index (χ3v) is 3.88. The second kappa shape index (κ2) is 7.91. The molecule has 0 aromatic heterocycles. The first-order valence-electron chi connectivity index (χ1n) is 6.92. The second-order valence-electron chi connectivity index (χ2n) is 4.78. The standard InChI is InChI=1S/C16H17BrN2O3/c1-18-10-9-15(12-5-3-2-4-6-12)22-16-11-13(19(20)21)7-8-14(16)17/h2-8,11,15,18H,9-10H2,1H3. The highest BCUT2D eigenvalue weighted by Crippen LogP contribution is 2.33. The Morgan fingerprint density at radius 1 is 1.27 bits per heavy atom. The minimum absolute atomic E-state index is 0.0126.